The first-order valence-corrected chi connectivity index (χ1v) is 10.6. The van der Waals surface area contributed by atoms with Crippen molar-refractivity contribution in [2.45, 2.75) is 28.5 Å². The van der Waals surface area contributed by atoms with Crippen molar-refractivity contribution < 1.29 is 28.9 Å². The van der Waals surface area contributed by atoms with Crippen LogP contribution in [0.25, 0.3) is 0 Å². The minimum Gasteiger partial charge on any atom is -0.222 e. The van der Waals surface area contributed by atoms with E-state index >= 15 is 0 Å². The summed E-state index contributed by atoms with van der Waals surface area (Å²) in [6, 6.07) is 19.9. The van der Waals surface area contributed by atoms with Gasteiger partial charge >= 0.3 is 0 Å². The van der Waals surface area contributed by atoms with Gasteiger partial charge in [-0.15, -0.1) is 22.0 Å². The molecule has 126 valence electrons. The number of thioether (sulfide) groups is 1. The zero-order valence-corrected chi connectivity index (χ0v) is 15.3. The van der Waals surface area contributed by atoms with Gasteiger partial charge < -0.3 is 0 Å². The molecule has 0 fully saturated rings. The number of hydrogen-bond acceptors (Lipinski definition) is 5. The molecule has 4 nitrogen and oxygen atoms in total. The van der Waals surface area contributed by atoms with E-state index in [4.69, 9.17) is 18.6 Å². The highest BCUT2D eigenvalue weighted by atomic mass is 35.7. The van der Waals surface area contributed by atoms with E-state index in [1.165, 1.54) is 20.4 Å². The van der Waals surface area contributed by atoms with E-state index in [0.717, 1.165) is 5.75 Å². The summed E-state index contributed by atoms with van der Waals surface area (Å²) in [5.41, 5.74) is 0. The molecule has 0 spiro atoms. The maximum Gasteiger partial charge on any atom is 0.160 e. The molecule has 0 aliphatic rings. The lowest BCUT2D eigenvalue weighted by atomic mass is 10.4. The van der Waals surface area contributed by atoms with Crippen LogP contribution < -0.4 is 18.6 Å². The van der Waals surface area contributed by atoms with Crippen LogP contribution in [0, 0.1) is 10.2 Å². The van der Waals surface area contributed by atoms with Crippen LogP contribution in [0.4, 0.5) is 0 Å². The van der Waals surface area contributed by atoms with Crippen LogP contribution in [0.1, 0.15) is 13.8 Å². The molecule has 23 heavy (non-hydrogen) atoms. The molecular formula is C16H19ClO4S2. The predicted molar refractivity (Wildman–Crippen MR) is 83.7 cm³/mol. The van der Waals surface area contributed by atoms with E-state index in [0.29, 0.717) is 0 Å². The summed E-state index contributed by atoms with van der Waals surface area (Å²) in [5.74, 6) is 2.31. The molecule has 2 aromatic rings. The molecule has 1 atom stereocenters. The minimum atomic E-state index is -4.94. The van der Waals surface area contributed by atoms with Gasteiger partial charge in [0.1, 0.15) is 5.75 Å². The topological polar surface area (TPSA) is 92.2 Å². The summed E-state index contributed by atoms with van der Waals surface area (Å²) in [6.45, 7) is 4.46. The van der Waals surface area contributed by atoms with Gasteiger partial charge in [0.25, 0.3) is 0 Å². The highest BCUT2D eigenvalue weighted by Gasteiger charge is 2.22. The summed E-state index contributed by atoms with van der Waals surface area (Å²) in [4.78, 5) is 4.26. The number of halogens is 1. The largest absolute Gasteiger partial charge is 0.222 e. The molecule has 7 heteroatoms. The first-order valence-electron chi connectivity index (χ1n) is 6.95. The molecular weight excluding hydrogens is 356 g/mol. The minimum absolute atomic E-state index is 0.220. The van der Waals surface area contributed by atoms with Crippen molar-refractivity contribution in [2.24, 2.45) is 0 Å². The van der Waals surface area contributed by atoms with Crippen molar-refractivity contribution in [2.75, 3.05) is 11.5 Å². The Morgan fingerprint density at radius 3 is 1.74 bits per heavy atom. The number of rotatable bonds is 5. The summed E-state index contributed by atoms with van der Waals surface area (Å²) < 4.78 is 34.0. The van der Waals surface area contributed by atoms with E-state index in [-0.39, 0.29) is 10.9 Å². The van der Waals surface area contributed by atoms with Gasteiger partial charge in [0.05, 0.1) is 10.9 Å². The highest BCUT2D eigenvalue weighted by Crippen LogP contribution is 2.26. The smallest absolute Gasteiger partial charge is 0.160 e. The lowest BCUT2D eigenvalue weighted by Gasteiger charge is -2.17. The van der Waals surface area contributed by atoms with Gasteiger partial charge in [0.15, 0.2) is 9.79 Å². The normalized spacial score (nSPS) is 12.3. The second kappa shape index (κ2) is 10.2. The van der Waals surface area contributed by atoms with Crippen LogP contribution in [0.15, 0.2) is 69.3 Å². The van der Waals surface area contributed by atoms with Gasteiger partial charge in [-0.2, -0.15) is 0 Å². The first kappa shape index (κ1) is 20.3. The van der Waals surface area contributed by atoms with Crippen LogP contribution in [0.2, 0.25) is 0 Å². The van der Waals surface area contributed by atoms with E-state index in [9.17, 15) is 0 Å². The Morgan fingerprint density at radius 2 is 1.30 bits per heavy atom. The first-order chi connectivity index (χ1) is 10.8. The number of hydrogen-bond donors (Lipinski definition) is 0. The monoisotopic (exact) mass is 374 g/mol. The molecule has 0 saturated heterocycles. The molecule has 0 heterocycles. The zero-order valence-electron chi connectivity index (χ0n) is 12.9. The molecule has 2 aromatic carbocycles. The quantitative estimate of drug-likeness (QED) is 0.546. The maximum absolute atomic E-state index is 8.49. The van der Waals surface area contributed by atoms with Crippen LogP contribution >= 0.6 is 11.8 Å². The zero-order chi connectivity index (χ0) is 17.3. The summed E-state index contributed by atoms with van der Waals surface area (Å²) >= 11 is 1.90. The lowest BCUT2D eigenvalue weighted by Crippen LogP contribution is -2.68. The third kappa shape index (κ3) is 8.62. The molecule has 2 rings (SSSR count). The third-order valence-electron chi connectivity index (χ3n) is 2.74. The van der Waals surface area contributed by atoms with Crippen molar-refractivity contribution in [3.05, 3.63) is 54.6 Å². The molecule has 0 bridgehead atoms. The predicted octanol–water partition coefficient (Wildman–Crippen LogP) is 0.0988. The lowest BCUT2D eigenvalue weighted by molar-refractivity contribution is -2.00. The van der Waals surface area contributed by atoms with Crippen molar-refractivity contribution in [3.63, 3.8) is 0 Å². The molecule has 0 radical (unpaired) electrons. The van der Waals surface area contributed by atoms with E-state index in [1.807, 2.05) is 11.8 Å². The van der Waals surface area contributed by atoms with Gasteiger partial charge in [-0.1, -0.05) is 25.1 Å². The van der Waals surface area contributed by atoms with Crippen LogP contribution in [-0.2, 0) is 10.9 Å². The molecule has 1 unspecified atom stereocenters. The van der Waals surface area contributed by atoms with E-state index < -0.39 is 10.2 Å². The Labute approximate surface area is 146 Å². The molecule has 0 saturated carbocycles. The Kier molecular flexibility index (Phi) is 9.01. The van der Waals surface area contributed by atoms with Gasteiger partial charge in [0.2, 0.25) is 0 Å². The standard InChI is InChI=1S/C16H19S2.ClHO4/c1-3-17-14-10-12-16(13-11-14)18(4-2)15-8-6-5-7-9-15;2-1(3,4)5/h5-13H,3-4H2,1-2H3;(H,2,3,4,5)/q+1;/p-1. The van der Waals surface area contributed by atoms with Crippen LogP contribution in [-0.4, -0.2) is 11.5 Å². The second-order valence-corrected chi connectivity index (χ2v) is 8.67. The molecule has 0 aliphatic carbocycles. The average molecular weight is 375 g/mol. The molecule has 0 amide bonds. The van der Waals surface area contributed by atoms with Crippen molar-refractivity contribution in [3.8, 4) is 0 Å². The fourth-order valence-corrected chi connectivity index (χ4v) is 4.47. The fraction of sp³-hybridized carbons (Fsp3) is 0.250. The van der Waals surface area contributed by atoms with E-state index in [1.54, 1.807) is 0 Å². The van der Waals surface area contributed by atoms with Crippen LogP contribution in [0.5, 0.6) is 0 Å². The van der Waals surface area contributed by atoms with Gasteiger partial charge in [-0.25, -0.2) is 18.6 Å². The maximum atomic E-state index is 8.49. The Balaban J connectivity index is 0.000000463. The van der Waals surface area contributed by atoms with Crippen molar-refractivity contribution >= 4 is 22.7 Å². The Morgan fingerprint density at radius 1 is 0.826 bits per heavy atom. The second-order valence-electron chi connectivity index (χ2n) is 4.27. The molecule has 0 N–H and O–H groups in total. The number of benzene rings is 2. The van der Waals surface area contributed by atoms with Gasteiger partial charge in [-0.3, -0.25) is 0 Å². The summed E-state index contributed by atoms with van der Waals surface area (Å²) in [6.07, 6.45) is 0. The van der Waals surface area contributed by atoms with Crippen LogP contribution in [0.3, 0.4) is 0 Å². The fourth-order valence-electron chi connectivity index (χ4n) is 1.92. The molecule has 0 aliphatic heterocycles. The average Bonchev–Trinajstić information content (AvgIpc) is 2.49. The van der Waals surface area contributed by atoms with Crippen molar-refractivity contribution in [1.29, 1.82) is 0 Å². The third-order valence-corrected chi connectivity index (χ3v) is 5.89. The highest BCUT2D eigenvalue weighted by molar-refractivity contribution is 7.99. The Hall–Kier alpha value is -0.730. The van der Waals surface area contributed by atoms with Gasteiger partial charge in [-0.05, 0) is 49.1 Å². The van der Waals surface area contributed by atoms with Crippen molar-refractivity contribution in [1.82, 2.24) is 0 Å². The van der Waals surface area contributed by atoms with Gasteiger partial charge in [0, 0.05) is 4.90 Å². The summed E-state index contributed by atoms with van der Waals surface area (Å²) in [7, 11) is -4.72. The molecule has 0 aromatic heterocycles. The summed E-state index contributed by atoms with van der Waals surface area (Å²) in [5, 5.41) is 0. The SMILES string of the molecule is CCSc1ccc([S+](CC)c2ccccc2)cc1.[O-][Cl+3]([O-])([O-])[O-]. The Bertz CT molecular complexity index is 553. The van der Waals surface area contributed by atoms with E-state index in [2.05, 4.69) is 68.4 Å².